The van der Waals surface area contributed by atoms with Gasteiger partial charge in [0.15, 0.2) is 0 Å². The van der Waals surface area contributed by atoms with Gasteiger partial charge in [-0.2, -0.15) is 0 Å². The third kappa shape index (κ3) is 2.87. The van der Waals surface area contributed by atoms with Crippen LogP contribution in [-0.2, 0) is 11.2 Å². The summed E-state index contributed by atoms with van der Waals surface area (Å²) in [5.41, 5.74) is 5.91. The van der Waals surface area contributed by atoms with Crippen LogP contribution in [0.2, 0.25) is 0 Å². The molecule has 0 spiro atoms. The Kier molecular flexibility index (Phi) is 3.75. The Hall–Kier alpha value is -1.62. The number of rotatable bonds is 4. The van der Waals surface area contributed by atoms with E-state index >= 15 is 0 Å². The Labute approximate surface area is 118 Å². The number of benzene rings is 1. The summed E-state index contributed by atoms with van der Waals surface area (Å²) in [4.78, 5) is 12.2. The number of ether oxygens (including phenoxy) is 1. The third-order valence-corrected chi connectivity index (χ3v) is 3.90. The number of carbonyl (C=O) groups is 1. The summed E-state index contributed by atoms with van der Waals surface area (Å²) in [6.45, 7) is 3.89. The second-order valence-corrected chi connectivity index (χ2v) is 5.69. The molecule has 0 aromatic heterocycles. The Morgan fingerprint density at radius 2 is 2.21 bits per heavy atom. The van der Waals surface area contributed by atoms with Gasteiger partial charge in [-0.15, -0.1) is 0 Å². The molecule has 5 heteroatoms. The Morgan fingerprint density at radius 3 is 2.84 bits per heavy atom. The molecule has 1 aliphatic heterocycles. The monoisotopic (exact) mass is 278 g/mol. The van der Waals surface area contributed by atoms with Crippen molar-refractivity contribution in [2.75, 3.05) is 6.54 Å². The highest BCUT2D eigenvalue weighted by molar-refractivity contribution is 7.80. The van der Waals surface area contributed by atoms with Crippen molar-refractivity contribution in [2.45, 2.75) is 26.4 Å². The fraction of sp³-hybridized carbons (Fsp3) is 0.429. The summed E-state index contributed by atoms with van der Waals surface area (Å²) >= 11 is 4.90. The van der Waals surface area contributed by atoms with Crippen LogP contribution in [0, 0.1) is 5.41 Å². The van der Waals surface area contributed by atoms with E-state index in [1.807, 2.05) is 24.3 Å². The lowest BCUT2D eigenvalue weighted by Gasteiger charge is -2.23. The zero-order valence-corrected chi connectivity index (χ0v) is 11.9. The fourth-order valence-corrected chi connectivity index (χ4v) is 2.00. The number of nitrogens with one attached hydrogen (secondary N) is 1. The molecule has 1 amide bonds. The maximum atomic E-state index is 12.0. The van der Waals surface area contributed by atoms with Gasteiger partial charge in [-0.3, -0.25) is 4.79 Å². The van der Waals surface area contributed by atoms with Crippen LogP contribution in [0.15, 0.2) is 24.3 Å². The maximum absolute atomic E-state index is 12.0. The lowest BCUT2D eigenvalue weighted by atomic mass is 9.92. The van der Waals surface area contributed by atoms with E-state index in [1.165, 1.54) is 5.56 Å². The second kappa shape index (κ2) is 5.17. The van der Waals surface area contributed by atoms with Crippen molar-refractivity contribution in [2.24, 2.45) is 11.1 Å². The van der Waals surface area contributed by atoms with E-state index < -0.39 is 5.41 Å². The molecule has 19 heavy (non-hydrogen) atoms. The molecule has 0 saturated carbocycles. The summed E-state index contributed by atoms with van der Waals surface area (Å²) in [6, 6.07) is 7.90. The summed E-state index contributed by atoms with van der Waals surface area (Å²) in [5, 5.41) is 2.85. The summed E-state index contributed by atoms with van der Waals surface area (Å²) in [6.07, 6.45) is 0.785. The van der Waals surface area contributed by atoms with E-state index in [0.717, 1.165) is 12.2 Å². The lowest BCUT2D eigenvalue weighted by molar-refractivity contribution is -0.126. The van der Waals surface area contributed by atoms with Gasteiger partial charge in [0.05, 0.1) is 16.9 Å². The van der Waals surface area contributed by atoms with Crippen LogP contribution in [0.1, 0.15) is 19.4 Å². The first-order chi connectivity index (χ1) is 8.91. The van der Waals surface area contributed by atoms with Gasteiger partial charge in [0, 0.05) is 6.42 Å². The molecule has 2 rings (SSSR count). The van der Waals surface area contributed by atoms with Gasteiger partial charge in [0.1, 0.15) is 11.9 Å². The standard InChI is InChI=1S/C14H18N2O2S/c1-14(2,12(15)19)13(17)16-8-10-7-9-5-3-4-6-11(9)18-10/h3-6,10H,7-8H2,1-2H3,(H2,15,19)(H,16,17). The Balaban J connectivity index is 1.89. The predicted octanol–water partition coefficient (Wildman–Crippen LogP) is 1.42. The molecule has 0 saturated heterocycles. The first-order valence-corrected chi connectivity index (χ1v) is 6.65. The van der Waals surface area contributed by atoms with E-state index in [0.29, 0.717) is 6.54 Å². The van der Waals surface area contributed by atoms with E-state index in [9.17, 15) is 4.79 Å². The number of hydrogen-bond donors (Lipinski definition) is 2. The van der Waals surface area contributed by atoms with Crippen molar-refractivity contribution in [1.82, 2.24) is 5.32 Å². The number of para-hydroxylation sites is 1. The molecule has 3 N–H and O–H groups in total. The largest absolute Gasteiger partial charge is 0.488 e. The molecule has 0 radical (unpaired) electrons. The van der Waals surface area contributed by atoms with Crippen LogP contribution in [0.25, 0.3) is 0 Å². The number of carbonyl (C=O) groups excluding carboxylic acids is 1. The first-order valence-electron chi connectivity index (χ1n) is 6.24. The Morgan fingerprint density at radius 1 is 1.53 bits per heavy atom. The first kappa shape index (κ1) is 13.8. The zero-order valence-electron chi connectivity index (χ0n) is 11.1. The molecule has 4 nitrogen and oxygen atoms in total. The minimum Gasteiger partial charge on any atom is -0.488 e. The molecule has 1 aliphatic rings. The maximum Gasteiger partial charge on any atom is 0.232 e. The van der Waals surface area contributed by atoms with Crippen molar-refractivity contribution in [3.63, 3.8) is 0 Å². The summed E-state index contributed by atoms with van der Waals surface area (Å²) in [7, 11) is 0. The number of nitrogens with two attached hydrogens (primary N) is 1. The van der Waals surface area contributed by atoms with Crippen molar-refractivity contribution in [3.8, 4) is 5.75 Å². The molecular weight excluding hydrogens is 260 g/mol. The molecule has 1 atom stereocenters. The van der Waals surface area contributed by atoms with Gasteiger partial charge in [0.2, 0.25) is 5.91 Å². The quantitative estimate of drug-likeness (QED) is 0.818. The number of fused-ring (bicyclic) bond motifs is 1. The van der Waals surface area contributed by atoms with Crippen LogP contribution >= 0.6 is 12.2 Å². The molecule has 0 fully saturated rings. The molecule has 102 valence electrons. The molecule has 0 aliphatic carbocycles. The van der Waals surface area contributed by atoms with E-state index in [4.69, 9.17) is 22.7 Å². The molecule has 1 aromatic carbocycles. The van der Waals surface area contributed by atoms with Crippen molar-refractivity contribution in [1.29, 1.82) is 0 Å². The zero-order chi connectivity index (χ0) is 14.0. The number of hydrogen-bond acceptors (Lipinski definition) is 3. The van der Waals surface area contributed by atoms with Crippen LogP contribution < -0.4 is 15.8 Å². The highest BCUT2D eigenvalue weighted by Gasteiger charge is 2.32. The summed E-state index contributed by atoms with van der Waals surface area (Å²) < 4.78 is 5.75. The second-order valence-electron chi connectivity index (χ2n) is 5.25. The molecular formula is C14H18N2O2S. The minimum absolute atomic E-state index is 0.0245. The Bertz CT molecular complexity index is 489. The topological polar surface area (TPSA) is 64.3 Å². The van der Waals surface area contributed by atoms with E-state index in [-0.39, 0.29) is 17.0 Å². The molecule has 0 bridgehead atoms. The van der Waals surface area contributed by atoms with Gasteiger partial charge in [0.25, 0.3) is 0 Å². The van der Waals surface area contributed by atoms with Crippen LogP contribution in [0.3, 0.4) is 0 Å². The molecule has 1 aromatic rings. The van der Waals surface area contributed by atoms with Crippen molar-refractivity contribution in [3.05, 3.63) is 29.8 Å². The lowest BCUT2D eigenvalue weighted by Crippen LogP contribution is -2.47. The average molecular weight is 278 g/mol. The van der Waals surface area contributed by atoms with Crippen LogP contribution in [0.5, 0.6) is 5.75 Å². The van der Waals surface area contributed by atoms with Gasteiger partial charge >= 0.3 is 0 Å². The normalized spacial score (nSPS) is 17.5. The van der Waals surface area contributed by atoms with Gasteiger partial charge in [-0.1, -0.05) is 30.4 Å². The van der Waals surface area contributed by atoms with Gasteiger partial charge < -0.3 is 15.8 Å². The summed E-state index contributed by atoms with van der Waals surface area (Å²) in [5.74, 6) is 0.731. The highest BCUT2D eigenvalue weighted by atomic mass is 32.1. The van der Waals surface area contributed by atoms with Crippen LogP contribution in [0.4, 0.5) is 0 Å². The SMILES string of the molecule is CC(C)(C(=O)NCC1Cc2ccccc2O1)C(N)=S. The molecule has 1 unspecified atom stereocenters. The van der Waals surface area contributed by atoms with Crippen molar-refractivity contribution >= 4 is 23.1 Å². The third-order valence-electron chi connectivity index (χ3n) is 3.39. The minimum atomic E-state index is -0.833. The average Bonchev–Trinajstić information content (AvgIpc) is 2.78. The van der Waals surface area contributed by atoms with Gasteiger partial charge in [-0.25, -0.2) is 0 Å². The smallest absolute Gasteiger partial charge is 0.232 e. The number of amides is 1. The van der Waals surface area contributed by atoms with Crippen molar-refractivity contribution < 1.29 is 9.53 Å². The van der Waals surface area contributed by atoms with Crippen LogP contribution in [-0.4, -0.2) is 23.5 Å². The van der Waals surface area contributed by atoms with Gasteiger partial charge in [-0.05, 0) is 25.5 Å². The number of thiocarbonyl (C=S) groups is 1. The van der Waals surface area contributed by atoms with E-state index in [2.05, 4.69) is 5.32 Å². The predicted molar refractivity (Wildman–Crippen MR) is 78.1 cm³/mol. The molecule has 1 heterocycles. The fourth-order valence-electron chi connectivity index (χ4n) is 1.91. The van der Waals surface area contributed by atoms with E-state index in [1.54, 1.807) is 13.8 Å². The highest BCUT2D eigenvalue weighted by Crippen LogP contribution is 2.27.